The summed E-state index contributed by atoms with van der Waals surface area (Å²) in [6.45, 7) is 0. The van der Waals surface area contributed by atoms with Crippen molar-refractivity contribution in [1.29, 1.82) is 0 Å². The molecule has 5 nitrogen and oxygen atoms in total. The molecule has 24 heavy (non-hydrogen) atoms. The number of halogens is 1. The summed E-state index contributed by atoms with van der Waals surface area (Å²) in [5.74, 6) is -0.388. The molecule has 4 N–H and O–H groups in total. The third-order valence-corrected chi connectivity index (χ3v) is 5.53. The number of nitrogens with two attached hydrogens (primary N) is 1. The van der Waals surface area contributed by atoms with E-state index in [1.807, 2.05) is 24.3 Å². The maximum atomic E-state index is 12.1. The molecule has 7 heteroatoms. The van der Waals surface area contributed by atoms with Gasteiger partial charge in [0.1, 0.15) is 17.0 Å². The number of rotatable bonds is 13. The van der Waals surface area contributed by atoms with Crippen molar-refractivity contribution in [3.05, 3.63) is 29.8 Å². The topological polar surface area (TPSA) is 92.4 Å². The summed E-state index contributed by atoms with van der Waals surface area (Å²) >= 11 is 2.40. The largest absolute Gasteiger partial charge is 0.480 e. The Labute approximate surface area is 160 Å². The van der Waals surface area contributed by atoms with Crippen LogP contribution in [0.2, 0.25) is 0 Å². The first-order valence-electron chi connectivity index (χ1n) is 8.31. The molecular formula is C17H27IN2O3S. The standard InChI is InChI=1S/C17H27IN2O3S/c18-10-5-3-1-2-4-6-11-24(23)20-15-9-7-8-14(12-15)13-16(19)17(21)22/h7-9,12,16,20H,1-6,10-11,13,19H2,(H,21,22)/t16-,24?/m0/s1. The van der Waals surface area contributed by atoms with Crippen molar-refractivity contribution >= 4 is 45.2 Å². The van der Waals surface area contributed by atoms with Crippen LogP contribution in [0.5, 0.6) is 0 Å². The predicted molar refractivity (Wildman–Crippen MR) is 109 cm³/mol. The molecule has 0 aromatic heterocycles. The summed E-state index contributed by atoms with van der Waals surface area (Å²) in [4.78, 5) is 10.8. The van der Waals surface area contributed by atoms with E-state index < -0.39 is 23.0 Å². The zero-order chi connectivity index (χ0) is 17.8. The highest BCUT2D eigenvalue weighted by molar-refractivity contribution is 14.1. The van der Waals surface area contributed by atoms with Gasteiger partial charge in [0, 0.05) is 11.4 Å². The Hall–Kier alpha value is -0.670. The molecular weight excluding hydrogens is 439 g/mol. The van der Waals surface area contributed by atoms with Crippen molar-refractivity contribution in [2.24, 2.45) is 5.73 Å². The third kappa shape index (κ3) is 9.58. The van der Waals surface area contributed by atoms with Gasteiger partial charge in [-0.25, -0.2) is 4.21 Å². The maximum Gasteiger partial charge on any atom is 0.320 e. The zero-order valence-electron chi connectivity index (χ0n) is 13.9. The lowest BCUT2D eigenvalue weighted by molar-refractivity contribution is -0.138. The second-order valence-electron chi connectivity index (χ2n) is 5.81. The van der Waals surface area contributed by atoms with Gasteiger partial charge in [0.05, 0.1) is 0 Å². The zero-order valence-corrected chi connectivity index (χ0v) is 16.9. The molecule has 1 aromatic rings. The smallest absolute Gasteiger partial charge is 0.320 e. The van der Waals surface area contributed by atoms with Crippen molar-refractivity contribution in [2.75, 3.05) is 14.9 Å². The van der Waals surface area contributed by atoms with Gasteiger partial charge in [0.15, 0.2) is 0 Å². The predicted octanol–water partition coefficient (Wildman–Crippen LogP) is 3.49. The first kappa shape index (κ1) is 21.4. The van der Waals surface area contributed by atoms with Crippen molar-refractivity contribution in [3.63, 3.8) is 0 Å². The van der Waals surface area contributed by atoms with E-state index in [9.17, 15) is 9.00 Å². The van der Waals surface area contributed by atoms with Crippen LogP contribution in [0.15, 0.2) is 24.3 Å². The number of alkyl halides is 1. The molecule has 0 spiro atoms. The summed E-state index contributed by atoms with van der Waals surface area (Å²) in [6.07, 6.45) is 7.36. The minimum Gasteiger partial charge on any atom is -0.480 e. The van der Waals surface area contributed by atoms with Crippen LogP contribution in [0.1, 0.15) is 44.1 Å². The Morgan fingerprint density at radius 3 is 2.54 bits per heavy atom. The maximum absolute atomic E-state index is 12.1. The third-order valence-electron chi connectivity index (χ3n) is 3.64. The lowest BCUT2D eigenvalue weighted by atomic mass is 10.1. The molecule has 0 saturated heterocycles. The Kier molecular flexibility index (Phi) is 11.3. The van der Waals surface area contributed by atoms with Gasteiger partial charge in [-0.1, -0.05) is 60.4 Å². The highest BCUT2D eigenvalue weighted by Gasteiger charge is 2.12. The van der Waals surface area contributed by atoms with E-state index in [1.54, 1.807) is 0 Å². The van der Waals surface area contributed by atoms with Crippen LogP contribution >= 0.6 is 22.6 Å². The molecule has 2 atom stereocenters. The quantitative estimate of drug-likeness (QED) is 0.236. The minimum absolute atomic E-state index is 0.259. The number of unbranched alkanes of at least 4 members (excludes halogenated alkanes) is 5. The van der Waals surface area contributed by atoms with Crippen molar-refractivity contribution in [2.45, 2.75) is 51.0 Å². The number of nitrogens with one attached hydrogen (secondary N) is 1. The van der Waals surface area contributed by atoms with Gasteiger partial charge >= 0.3 is 5.97 Å². The van der Waals surface area contributed by atoms with E-state index in [-0.39, 0.29) is 6.42 Å². The molecule has 0 heterocycles. The van der Waals surface area contributed by atoms with E-state index >= 15 is 0 Å². The first-order chi connectivity index (χ1) is 11.5. The molecule has 0 saturated carbocycles. The van der Waals surface area contributed by atoms with Gasteiger partial charge in [0.25, 0.3) is 0 Å². The number of carbonyl (C=O) groups is 1. The van der Waals surface area contributed by atoms with Crippen LogP contribution < -0.4 is 10.5 Å². The summed E-state index contributed by atoms with van der Waals surface area (Å²) in [7, 11) is -1.11. The molecule has 136 valence electrons. The van der Waals surface area contributed by atoms with E-state index in [2.05, 4.69) is 27.3 Å². The van der Waals surface area contributed by atoms with Gasteiger partial charge in [-0.2, -0.15) is 0 Å². The summed E-state index contributed by atoms with van der Waals surface area (Å²) in [5, 5.41) is 8.86. The minimum atomic E-state index is -1.11. The molecule has 0 aliphatic rings. The summed E-state index contributed by atoms with van der Waals surface area (Å²) in [6, 6.07) is 6.36. The fourth-order valence-corrected chi connectivity index (χ4v) is 3.82. The van der Waals surface area contributed by atoms with Crippen molar-refractivity contribution in [3.8, 4) is 0 Å². The fourth-order valence-electron chi connectivity index (χ4n) is 2.32. The summed E-state index contributed by atoms with van der Waals surface area (Å²) in [5.41, 5.74) is 7.11. The van der Waals surface area contributed by atoms with Crippen LogP contribution in [0.3, 0.4) is 0 Å². The summed E-state index contributed by atoms with van der Waals surface area (Å²) < 4.78 is 16.3. The second kappa shape index (κ2) is 12.7. The molecule has 0 bridgehead atoms. The monoisotopic (exact) mass is 466 g/mol. The number of hydrogen-bond acceptors (Lipinski definition) is 3. The molecule has 0 radical (unpaired) electrons. The van der Waals surface area contributed by atoms with Gasteiger partial charge in [0.2, 0.25) is 0 Å². The Morgan fingerprint density at radius 1 is 1.21 bits per heavy atom. The van der Waals surface area contributed by atoms with Crippen LogP contribution in [0.4, 0.5) is 5.69 Å². The van der Waals surface area contributed by atoms with E-state index in [0.29, 0.717) is 5.75 Å². The van der Waals surface area contributed by atoms with Gasteiger partial charge in [-0.15, -0.1) is 0 Å². The Morgan fingerprint density at radius 2 is 1.88 bits per heavy atom. The Balaban J connectivity index is 2.30. The number of carboxylic acid groups (broad SMARTS) is 1. The molecule has 0 aliphatic heterocycles. The number of anilines is 1. The van der Waals surface area contributed by atoms with Crippen LogP contribution in [0, 0.1) is 0 Å². The molecule has 1 aromatic carbocycles. The van der Waals surface area contributed by atoms with E-state index in [4.69, 9.17) is 10.8 Å². The van der Waals surface area contributed by atoms with Crippen molar-refractivity contribution in [1.82, 2.24) is 0 Å². The van der Waals surface area contributed by atoms with Crippen LogP contribution in [0.25, 0.3) is 0 Å². The van der Waals surface area contributed by atoms with Gasteiger partial charge in [-0.3, -0.25) is 4.79 Å². The van der Waals surface area contributed by atoms with Gasteiger partial charge in [-0.05, 0) is 41.4 Å². The number of aliphatic carboxylic acids is 1. The SMILES string of the molecule is N[C@@H](Cc1cccc(NS(=O)CCCCCCCCI)c1)C(=O)O. The fraction of sp³-hybridized carbons (Fsp3) is 0.588. The molecule has 1 rings (SSSR count). The lowest BCUT2D eigenvalue weighted by Gasteiger charge is -2.10. The normalized spacial score (nSPS) is 13.4. The van der Waals surface area contributed by atoms with Crippen molar-refractivity contribution < 1.29 is 14.1 Å². The van der Waals surface area contributed by atoms with Crippen LogP contribution in [-0.2, 0) is 22.2 Å². The average Bonchev–Trinajstić information content (AvgIpc) is 2.54. The molecule has 1 unspecified atom stereocenters. The average molecular weight is 466 g/mol. The number of benzene rings is 1. The highest BCUT2D eigenvalue weighted by atomic mass is 127. The Bertz CT molecular complexity index is 528. The first-order valence-corrected chi connectivity index (χ1v) is 11.2. The second-order valence-corrected chi connectivity index (χ2v) is 8.19. The molecule has 0 amide bonds. The van der Waals surface area contributed by atoms with Gasteiger partial charge < -0.3 is 15.6 Å². The van der Waals surface area contributed by atoms with Crippen LogP contribution in [-0.4, -0.2) is 31.5 Å². The van der Waals surface area contributed by atoms with E-state index in [0.717, 1.165) is 24.1 Å². The van der Waals surface area contributed by atoms with E-state index in [1.165, 1.54) is 30.1 Å². The highest BCUT2D eigenvalue weighted by Crippen LogP contribution is 2.14. The molecule has 0 fully saturated rings. The number of carboxylic acids is 1. The molecule has 0 aliphatic carbocycles. The lowest BCUT2D eigenvalue weighted by Crippen LogP contribution is -2.32. The number of hydrogen-bond donors (Lipinski definition) is 3.